The third kappa shape index (κ3) is 4.30. The van der Waals surface area contributed by atoms with Crippen molar-refractivity contribution in [2.45, 2.75) is 19.5 Å². The van der Waals surface area contributed by atoms with Gasteiger partial charge in [0.1, 0.15) is 17.1 Å². The number of hydrogen-bond acceptors (Lipinski definition) is 5. The molecule has 0 bridgehead atoms. The number of nitrogens with one attached hydrogen (secondary N) is 1. The number of amides is 1. The van der Waals surface area contributed by atoms with Gasteiger partial charge in [-0.3, -0.25) is 9.59 Å². The molecule has 0 saturated heterocycles. The highest BCUT2D eigenvalue weighted by molar-refractivity contribution is 5.93. The van der Waals surface area contributed by atoms with Gasteiger partial charge in [0, 0.05) is 24.7 Å². The van der Waals surface area contributed by atoms with E-state index in [0.717, 1.165) is 12.1 Å². The topological polar surface area (TPSA) is 85.1 Å². The molecule has 0 atom stereocenters. The van der Waals surface area contributed by atoms with Gasteiger partial charge in [0.2, 0.25) is 0 Å². The number of halogens is 3. The molecule has 27 heavy (non-hydrogen) atoms. The van der Waals surface area contributed by atoms with Crippen molar-refractivity contribution in [1.29, 1.82) is 0 Å². The molecule has 3 rings (SSSR count). The van der Waals surface area contributed by atoms with Crippen molar-refractivity contribution < 1.29 is 22.4 Å². The number of fused-ring (bicyclic) bond motifs is 1. The lowest BCUT2D eigenvalue weighted by molar-refractivity contribution is -0.141. The minimum absolute atomic E-state index is 0.00564. The van der Waals surface area contributed by atoms with E-state index < -0.39 is 17.8 Å². The number of rotatable bonds is 4. The van der Waals surface area contributed by atoms with Crippen molar-refractivity contribution in [1.82, 2.24) is 15.3 Å². The zero-order chi connectivity index (χ0) is 19.6. The Morgan fingerprint density at radius 1 is 1.19 bits per heavy atom. The fraction of sp³-hybridized carbons (Fsp3) is 0.222. The van der Waals surface area contributed by atoms with Gasteiger partial charge < -0.3 is 9.73 Å². The molecule has 0 fully saturated rings. The number of para-hydroxylation sites is 1. The molecule has 0 spiro atoms. The van der Waals surface area contributed by atoms with E-state index in [4.69, 9.17) is 4.42 Å². The molecule has 140 valence electrons. The van der Waals surface area contributed by atoms with E-state index in [9.17, 15) is 22.8 Å². The predicted octanol–water partition coefficient (Wildman–Crippen LogP) is 2.88. The number of hydrogen-bond donors (Lipinski definition) is 1. The average molecular weight is 377 g/mol. The van der Waals surface area contributed by atoms with Crippen LogP contribution >= 0.6 is 0 Å². The summed E-state index contributed by atoms with van der Waals surface area (Å²) in [6.45, 7) is 1.42. The van der Waals surface area contributed by atoms with Crippen molar-refractivity contribution in [3.8, 4) is 0 Å². The average Bonchev–Trinajstić information content (AvgIpc) is 2.60. The minimum atomic E-state index is -4.57. The van der Waals surface area contributed by atoms with Crippen LogP contribution in [0, 0.1) is 6.92 Å². The van der Waals surface area contributed by atoms with Crippen molar-refractivity contribution >= 4 is 16.9 Å². The molecule has 0 radical (unpaired) electrons. The molecular weight excluding hydrogens is 363 g/mol. The second-order valence-electron chi connectivity index (χ2n) is 5.79. The third-order valence-electron chi connectivity index (χ3n) is 3.68. The molecule has 0 aliphatic rings. The molecule has 0 saturated carbocycles. The van der Waals surface area contributed by atoms with E-state index in [0.29, 0.717) is 5.39 Å². The molecule has 1 N–H and O–H groups in total. The molecule has 1 amide bonds. The monoisotopic (exact) mass is 377 g/mol. The van der Waals surface area contributed by atoms with Crippen LogP contribution in [0.15, 0.2) is 45.6 Å². The highest BCUT2D eigenvalue weighted by Crippen LogP contribution is 2.27. The summed E-state index contributed by atoms with van der Waals surface area (Å²) in [5.41, 5.74) is -0.943. The highest BCUT2D eigenvalue weighted by atomic mass is 19.4. The number of nitrogens with zero attached hydrogens (tertiary/aromatic N) is 2. The van der Waals surface area contributed by atoms with Gasteiger partial charge in [-0.1, -0.05) is 12.1 Å². The third-order valence-corrected chi connectivity index (χ3v) is 3.68. The molecular formula is C18H14F3N3O3. The Morgan fingerprint density at radius 3 is 2.67 bits per heavy atom. The predicted molar refractivity (Wildman–Crippen MR) is 90.3 cm³/mol. The number of aromatic nitrogens is 2. The Balaban J connectivity index is 1.70. The zero-order valence-corrected chi connectivity index (χ0v) is 14.1. The fourth-order valence-electron chi connectivity index (χ4n) is 2.48. The number of carbonyl (C=O) groups is 1. The van der Waals surface area contributed by atoms with Gasteiger partial charge in [-0.05, 0) is 25.1 Å². The maximum absolute atomic E-state index is 12.8. The van der Waals surface area contributed by atoms with Gasteiger partial charge in [-0.25, -0.2) is 9.97 Å². The van der Waals surface area contributed by atoms with E-state index in [1.165, 1.54) is 6.92 Å². The number of aryl methyl sites for hydroxylation is 1. The highest BCUT2D eigenvalue weighted by Gasteiger charge is 2.33. The van der Waals surface area contributed by atoms with Crippen molar-refractivity contribution in [3.05, 3.63) is 69.6 Å². The first-order valence-electron chi connectivity index (χ1n) is 7.97. The first kappa shape index (κ1) is 18.6. The summed E-state index contributed by atoms with van der Waals surface area (Å²) in [5.74, 6) is -0.871. The maximum atomic E-state index is 12.8. The Hall–Kier alpha value is -3.23. The number of benzene rings is 1. The van der Waals surface area contributed by atoms with E-state index in [1.807, 2.05) is 0 Å². The van der Waals surface area contributed by atoms with E-state index in [-0.39, 0.29) is 41.3 Å². The number of carbonyl (C=O) groups excluding carboxylic acids is 1. The van der Waals surface area contributed by atoms with Crippen LogP contribution < -0.4 is 10.7 Å². The van der Waals surface area contributed by atoms with Crippen LogP contribution in [-0.2, 0) is 12.6 Å². The van der Waals surface area contributed by atoms with Crippen LogP contribution in [-0.4, -0.2) is 22.4 Å². The van der Waals surface area contributed by atoms with E-state index in [1.54, 1.807) is 24.3 Å². The van der Waals surface area contributed by atoms with Crippen LogP contribution in [0.3, 0.4) is 0 Å². The molecule has 2 heterocycles. The Morgan fingerprint density at radius 2 is 1.93 bits per heavy atom. The summed E-state index contributed by atoms with van der Waals surface area (Å²) in [5, 5.41) is 2.83. The largest absolute Gasteiger partial charge is 0.451 e. The van der Waals surface area contributed by atoms with Crippen molar-refractivity contribution in [2.24, 2.45) is 0 Å². The second-order valence-corrected chi connectivity index (χ2v) is 5.79. The molecule has 0 unspecified atom stereocenters. The molecule has 0 aliphatic carbocycles. The van der Waals surface area contributed by atoms with Crippen LogP contribution in [0.4, 0.5) is 13.2 Å². The van der Waals surface area contributed by atoms with Gasteiger partial charge in [-0.15, -0.1) is 0 Å². The lowest BCUT2D eigenvalue weighted by Gasteiger charge is -2.09. The smallest absolute Gasteiger partial charge is 0.433 e. The molecule has 9 heteroatoms. The Bertz CT molecular complexity index is 1060. The Labute approximate surface area is 151 Å². The summed E-state index contributed by atoms with van der Waals surface area (Å²) in [4.78, 5) is 31.6. The second kappa shape index (κ2) is 7.18. The Kier molecular flexibility index (Phi) is 4.93. The first-order chi connectivity index (χ1) is 12.7. The summed E-state index contributed by atoms with van der Waals surface area (Å²) in [7, 11) is 0. The molecule has 6 nitrogen and oxygen atoms in total. The molecule has 2 aromatic heterocycles. The van der Waals surface area contributed by atoms with Gasteiger partial charge >= 0.3 is 6.18 Å². The lowest BCUT2D eigenvalue weighted by Crippen LogP contribution is -2.27. The standard InChI is InChI=1S/C18H14F3N3O3/c1-10-8-15(18(19,20)21)24-16(23-10)6-7-22-17(26)14-9-12(25)11-4-2-3-5-13(11)27-14/h2-5,8-9H,6-7H2,1H3,(H,22,26). The van der Waals surface area contributed by atoms with E-state index in [2.05, 4.69) is 15.3 Å². The summed E-state index contributed by atoms with van der Waals surface area (Å²) >= 11 is 0. The van der Waals surface area contributed by atoms with Crippen molar-refractivity contribution in [3.63, 3.8) is 0 Å². The van der Waals surface area contributed by atoms with Crippen molar-refractivity contribution in [2.75, 3.05) is 6.54 Å². The molecule has 0 aliphatic heterocycles. The minimum Gasteiger partial charge on any atom is -0.451 e. The van der Waals surface area contributed by atoms with Gasteiger partial charge in [0.15, 0.2) is 11.2 Å². The summed E-state index contributed by atoms with van der Waals surface area (Å²) < 4.78 is 43.7. The summed E-state index contributed by atoms with van der Waals surface area (Å²) in [6, 6.07) is 8.41. The van der Waals surface area contributed by atoms with Crippen LogP contribution in [0.2, 0.25) is 0 Å². The summed E-state index contributed by atoms with van der Waals surface area (Å²) in [6.07, 6.45) is -4.57. The quantitative estimate of drug-likeness (QED) is 0.756. The normalized spacial score (nSPS) is 11.6. The van der Waals surface area contributed by atoms with Crippen LogP contribution in [0.25, 0.3) is 11.0 Å². The SMILES string of the molecule is Cc1cc(C(F)(F)F)nc(CCNC(=O)c2cc(=O)c3ccccc3o2)n1. The van der Waals surface area contributed by atoms with E-state index >= 15 is 0 Å². The fourth-order valence-corrected chi connectivity index (χ4v) is 2.48. The van der Waals surface area contributed by atoms with Gasteiger partial charge in [0.25, 0.3) is 5.91 Å². The first-order valence-corrected chi connectivity index (χ1v) is 7.97. The van der Waals surface area contributed by atoms with Crippen LogP contribution in [0.5, 0.6) is 0 Å². The maximum Gasteiger partial charge on any atom is 0.433 e. The van der Waals surface area contributed by atoms with Gasteiger partial charge in [-0.2, -0.15) is 13.2 Å². The zero-order valence-electron chi connectivity index (χ0n) is 14.1. The molecule has 3 aromatic rings. The number of alkyl halides is 3. The van der Waals surface area contributed by atoms with Crippen LogP contribution in [0.1, 0.15) is 27.8 Å². The lowest BCUT2D eigenvalue weighted by atomic mass is 10.2. The van der Waals surface area contributed by atoms with Gasteiger partial charge in [0.05, 0.1) is 5.39 Å². The molecule has 1 aromatic carbocycles.